The minimum atomic E-state index is -1.16. The van der Waals surface area contributed by atoms with Gasteiger partial charge in [0.2, 0.25) is 12.2 Å². The standard InChI is InChI=1S/C21H27NO9/c1-11-8-6-7-9-16(11)30-21-18(22-12(2)23)20(29-15(5)26)19(28-14(4)25)17(31-21)10-27-13(3)24/h6-9,17-21H,10H2,1-5H3,(H,22,23)/t17-,18+,19+,20+,21-/m1/s1. The molecule has 1 amide bonds. The van der Waals surface area contributed by atoms with Crippen LogP contribution >= 0.6 is 0 Å². The number of para-hydroxylation sites is 1. The Morgan fingerprint density at radius 2 is 1.55 bits per heavy atom. The third-order valence-corrected chi connectivity index (χ3v) is 4.41. The predicted molar refractivity (Wildman–Crippen MR) is 106 cm³/mol. The van der Waals surface area contributed by atoms with Crippen molar-refractivity contribution in [1.82, 2.24) is 5.32 Å². The van der Waals surface area contributed by atoms with E-state index in [0.717, 1.165) is 5.56 Å². The molecule has 0 radical (unpaired) electrons. The minimum Gasteiger partial charge on any atom is -0.463 e. The molecular formula is C21H27NO9. The number of esters is 3. The maximum atomic E-state index is 11.9. The summed E-state index contributed by atoms with van der Waals surface area (Å²) in [5, 5.41) is 2.65. The first kappa shape index (κ1) is 24.1. The molecule has 0 spiro atoms. The van der Waals surface area contributed by atoms with Crippen molar-refractivity contribution in [3.63, 3.8) is 0 Å². The predicted octanol–water partition coefficient (Wildman–Crippen LogP) is 1.03. The fourth-order valence-corrected chi connectivity index (χ4v) is 3.21. The summed E-state index contributed by atoms with van der Waals surface area (Å²) >= 11 is 0. The van der Waals surface area contributed by atoms with E-state index < -0.39 is 54.5 Å². The summed E-state index contributed by atoms with van der Waals surface area (Å²) in [5.41, 5.74) is 0.801. The van der Waals surface area contributed by atoms with Gasteiger partial charge in [0.15, 0.2) is 12.2 Å². The zero-order valence-electron chi connectivity index (χ0n) is 18.1. The molecule has 0 aromatic heterocycles. The first-order chi connectivity index (χ1) is 14.6. The van der Waals surface area contributed by atoms with Gasteiger partial charge in [0.05, 0.1) is 0 Å². The summed E-state index contributed by atoms with van der Waals surface area (Å²) in [6.45, 7) is 6.40. The number of hydrogen-bond donors (Lipinski definition) is 1. The molecule has 10 nitrogen and oxygen atoms in total. The highest BCUT2D eigenvalue weighted by molar-refractivity contribution is 5.73. The Labute approximate surface area is 180 Å². The van der Waals surface area contributed by atoms with Crippen molar-refractivity contribution in [3.05, 3.63) is 29.8 Å². The van der Waals surface area contributed by atoms with Crippen LogP contribution in [0.1, 0.15) is 33.3 Å². The van der Waals surface area contributed by atoms with Gasteiger partial charge in [0.1, 0.15) is 24.5 Å². The highest BCUT2D eigenvalue weighted by atomic mass is 16.7. The topological polar surface area (TPSA) is 126 Å². The second-order valence-corrected chi connectivity index (χ2v) is 7.10. The first-order valence-electron chi connectivity index (χ1n) is 9.71. The molecule has 1 saturated heterocycles. The lowest BCUT2D eigenvalue weighted by Crippen LogP contribution is -2.67. The van der Waals surface area contributed by atoms with Gasteiger partial charge in [0, 0.05) is 27.7 Å². The van der Waals surface area contributed by atoms with Crippen LogP contribution in [-0.4, -0.2) is 61.1 Å². The van der Waals surface area contributed by atoms with Crippen LogP contribution in [0, 0.1) is 6.92 Å². The Bertz CT molecular complexity index is 825. The molecule has 5 atom stereocenters. The Balaban J connectivity index is 2.46. The van der Waals surface area contributed by atoms with Gasteiger partial charge in [-0.25, -0.2) is 0 Å². The Kier molecular flexibility index (Phi) is 8.38. The van der Waals surface area contributed by atoms with E-state index in [4.69, 9.17) is 23.7 Å². The summed E-state index contributed by atoms with van der Waals surface area (Å²) in [7, 11) is 0. The van der Waals surface area contributed by atoms with Gasteiger partial charge in [-0.2, -0.15) is 0 Å². The van der Waals surface area contributed by atoms with E-state index in [1.165, 1.54) is 27.7 Å². The Morgan fingerprint density at radius 1 is 0.935 bits per heavy atom. The van der Waals surface area contributed by atoms with Crippen LogP contribution in [0.3, 0.4) is 0 Å². The molecule has 1 heterocycles. The highest BCUT2D eigenvalue weighted by Crippen LogP contribution is 2.30. The Morgan fingerprint density at radius 3 is 2.10 bits per heavy atom. The molecule has 2 rings (SSSR count). The largest absolute Gasteiger partial charge is 0.463 e. The average molecular weight is 437 g/mol. The lowest BCUT2D eigenvalue weighted by Gasteiger charge is -2.44. The van der Waals surface area contributed by atoms with E-state index in [9.17, 15) is 19.2 Å². The van der Waals surface area contributed by atoms with Gasteiger partial charge in [-0.05, 0) is 18.6 Å². The van der Waals surface area contributed by atoms with Gasteiger partial charge in [-0.15, -0.1) is 0 Å². The van der Waals surface area contributed by atoms with Gasteiger partial charge in [-0.1, -0.05) is 18.2 Å². The van der Waals surface area contributed by atoms with Crippen molar-refractivity contribution >= 4 is 23.8 Å². The number of aryl methyl sites for hydroxylation is 1. The zero-order valence-corrected chi connectivity index (χ0v) is 18.1. The van der Waals surface area contributed by atoms with Crippen LogP contribution in [0.5, 0.6) is 5.75 Å². The molecule has 170 valence electrons. The third kappa shape index (κ3) is 6.95. The smallest absolute Gasteiger partial charge is 0.303 e. The van der Waals surface area contributed by atoms with Crippen molar-refractivity contribution in [2.75, 3.05) is 6.61 Å². The molecule has 1 aliphatic heterocycles. The zero-order chi connectivity index (χ0) is 23.1. The molecule has 1 aliphatic rings. The van der Waals surface area contributed by atoms with Crippen LogP contribution in [0.4, 0.5) is 0 Å². The number of amides is 1. The molecule has 31 heavy (non-hydrogen) atoms. The fraction of sp³-hybridized carbons (Fsp3) is 0.524. The normalized spacial score (nSPS) is 25.1. The van der Waals surface area contributed by atoms with Crippen molar-refractivity contribution < 1.29 is 42.9 Å². The summed E-state index contributed by atoms with van der Waals surface area (Å²) in [5.74, 6) is -1.88. The van der Waals surface area contributed by atoms with Gasteiger partial charge in [-0.3, -0.25) is 19.2 Å². The average Bonchev–Trinajstić information content (AvgIpc) is 2.65. The third-order valence-electron chi connectivity index (χ3n) is 4.41. The molecule has 1 N–H and O–H groups in total. The van der Waals surface area contributed by atoms with Crippen molar-refractivity contribution in [2.45, 2.75) is 65.3 Å². The summed E-state index contributed by atoms with van der Waals surface area (Å²) in [6.07, 6.45) is -4.47. The number of rotatable bonds is 7. The van der Waals surface area contributed by atoms with Crippen LogP contribution < -0.4 is 10.1 Å². The maximum Gasteiger partial charge on any atom is 0.303 e. The SMILES string of the molecule is CC(=O)N[C@@H]1[C@H](Oc2ccccc2C)O[C@H](COC(C)=O)[C@H](OC(C)=O)[C@H]1OC(C)=O. The molecular weight excluding hydrogens is 410 g/mol. The second kappa shape index (κ2) is 10.8. The van der Waals surface area contributed by atoms with Gasteiger partial charge in [0.25, 0.3) is 0 Å². The molecule has 0 unspecified atom stereocenters. The van der Waals surface area contributed by atoms with Gasteiger partial charge >= 0.3 is 17.9 Å². The number of nitrogens with one attached hydrogen (secondary N) is 1. The molecule has 1 fully saturated rings. The van der Waals surface area contributed by atoms with Crippen LogP contribution in [0.25, 0.3) is 0 Å². The molecule has 10 heteroatoms. The van der Waals surface area contributed by atoms with E-state index in [0.29, 0.717) is 5.75 Å². The summed E-state index contributed by atoms with van der Waals surface area (Å²) in [4.78, 5) is 46.8. The number of carbonyl (C=O) groups excluding carboxylic acids is 4. The summed E-state index contributed by atoms with van der Waals surface area (Å²) < 4.78 is 27.8. The second-order valence-electron chi connectivity index (χ2n) is 7.10. The molecule has 1 aromatic carbocycles. The number of hydrogen-bond acceptors (Lipinski definition) is 9. The molecule has 0 saturated carbocycles. The quantitative estimate of drug-likeness (QED) is 0.491. The molecule has 0 aliphatic carbocycles. The van der Waals surface area contributed by atoms with Crippen LogP contribution in [0.2, 0.25) is 0 Å². The van der Waals surface area contributed by atoms with E-state index in [1.807, 2.05) is 19.1 Å². The number of ether oxygens (including phenoxy) is 5. The Hall–Kier alpha value is -3.14. The molecule has 0 bridgehead atoms. The lowest BCUT2D eigenvalue weighted by atomic mass is 9.96. The van der Waals surface area contributed by atoms with Crippen molar-refractivity contribution in [2.24, 2.45) is 0 Å². The van der Waals surface area contributed by atoms with Gasteiger partial charge < -0.3 is 29.0 Å². The lowest BCUT2D eigenvalue weighted by molar-refractivity contribution is -0.257. The van der Waals surface area contributed by atoms with E-state index in [1.54, 1.807) is 12.1 Å². The minimum absolute atomic E-state index is 0.286. The summed E-state index contributed by atoms with van der Waals surface area (Å²) in [6, 6.07) is 6.12. The van der Waals surface area contributed by atoms with Crippen molar-refractivity contribution in [3.8, 4) is 5.75 Å². The highest BCUT2D eigenvalue weighted by Gasteiger charge is 2.52. The van der Waals surface area contributed by atoms with Crippen LogP contribution in [-0.2, 0) is 38.1 Å². The first-order valence-corrected chi connectivity index (χ1v) is 9.71. The number of carbonyl (C=O) groups is 4. The van der Waals surface area contributed by atoms with E-state index in [-0.39, 0.29) is 6.61 Å². The monoisotopic (exact) mass is 437 g/mol. The fourth-order valence-electron chi connectivity index (χ4n) is 3.21. The van der Waals surface area contributed by atoms with Crippen LogP contribution in [0.15, 0.2) is 24.3 Å². The number of benzene rings is 1. The van der Waals surface area contributed by atoms with E-state index >= 15 is 0 Å². The maximum absolute atomic E-state index is 11.9. The molecule has 1 aromatic rings. The van der Waals surface area contributed by atoms with E-state index in [2.05, 4.69) is 5.32 Å². The van der Waals surface area contributed by atoms with Crippen molar-refractivity contribution in [1.29, 1.82) is 0 Å².